The molecular weight excluding hydrogens is 329 g/mol. The molecule has 1 rings (SSSR count). The first kappa shape index (κ1) is 15.6. The molecule has 106 valence electrons. The molecule has 8 heteroatoms. The third kappa shape index (κ3) is 5.37. The van der Waals surface area contributed by atoms with Crippen LogP contribution in [-0.4, -0.2) is 33.0 Å². The molecular formula is C11H12BrF3N2O2. The van der Waals surface area contributed by atoms with Crippen LogP contribution in [0.4, 0.5) is 29.3 Å². The molecule has 0 bridgehead atoms. The Bertz CT molecular complexity index is 464. The highest BCUT2D eigenvalue weighted by atomic mass is 79.9. The molecule has 19 heavy (non-hydrogen) atoms. The zero-order valence-corrected chi connectivity index (χ0v) is 11.8. The lowest BCUT2D eigenvalue weighted by atomic mass is 10.2. The number of nitrogens with one attached hydrogen (secondary N) is 1. The van der Waals surface area contributed by atoms with Crippen molar-refractivity contribution in [3.8, 4) is 0 Å². The first-order valence-corrected chi connectivity index (χ1v) is 5.96. The molecule has 4 nitrogen and oxygen atoms in total. The Morgan fingerprint density at radius 3 is 2.58 bits per heavy atom. The number of amides is 1. The highest BCUT2D eigenvalue weighted by Gasteiger charge is 2.29. The van der Waals surface area contributed by atoms with Crippen LogP contribution in [0.25, 0.3) is 0 Å². The van der Waals surface area contributed by atoms with E-state index in [0.29, 0.717) is 15.8 Å². The molecule has 0 spiro atoms. The molecule has 0 saturated heterocycles. The molecule has 0 aliphatic heterocycles. The van der Waals surface area contributed by atoms with E-state index < -0.39 is 18.9 Å². The van der Waals surface area contributed by atoms with Crippen molar-refractivity contribution in [2.75, 3.05) is 30.9 Å². The van der Waals surface area contributed by atoms with Gasteiger partial charge in [0.15, 0.2) is 6.61 Å². The van der Waals surface area contributed by atoms with E-state index in [4.69, 9.17) is 0 Å². The molecule has 1 aromatic carbocycles. The van der Waals surface area contributed by atoms with E-state index in [9.17, 15) is 18.0 Å². The Labute approximate surface area is 116 Å². The number of ether oxygens (including phenoxy) is 1. The van der Waals surface area contributed by atoms with Gasteiger partial charge in [0.25, 0.3) is 0 Å². The number of carbonyl (C=O) groups is 1. The van der Waals surface area contributed by atoms with Crippen LogP contribution < -0.4 is 10.2 Å². The highest BCUT2D eigenvalue weighted by molar-refractivity contribution is 9.10. The van der Waals surface area contributed by atoms with Gasteiger partial charge in [0.2, 0.25) is 0 Å². The van der Waals surface area contributed by atoms with Crippen LogP contribution in [0.2, 0.25) is 0 Å². The van der Waals surface area contributed by atoms with Crippen molar-refractivity contribution in [3.63, 3.8) is 0 Å². The molecule has 0 radical (unpaired) electrons. The van der Waals surface area contributed by atoms with Crippen LogP contribution in [0.15, 0.2) is 22.7 Å². The Morgan fingerprint density at radius 2 is 2.05 bits per heavy atom. The van der Waals surface area contributed by atoms with E-state index in [2.05, 4.69) is 26.0 Å². The number of rotatable bonds is 3. The number of hydrogen-bond acceptors (Lipinski definition) is 3. The second-order valence-electron chi connectivity index (χ2n) is 3.87. The quantitative estimate of drug-likeness (QED) is 0.913. The van der Waals surface area contributed by atoms with Crippen molar-refractivity contribution in [1.82, 2.24) is 0 Å². The number of anilines is 2. The lowest BCUT2D eigenvalue weighted by molar-refractivity contribution is -0.159. The van der Waals surface area contributed by atoms with Crippen LogP contribution in [0.5, 0.6) is 0 Å². The lowest BCUT2D eigenvalue weighted by Gasteiger charge is -2.18. The first-order valence-electron chi connectivity index (χ1n) is 5.16. The van der Waals surface area contributed by atoms with Crippen LogP contribution >= 0.6 is 15.9 Å². The Balaban J connectivity index is 2.76. The van der Waals surface area contributed by atoms with E-state index in [1.165, 1.54) is 0 Å². The third-order valence-electron chi connectivity index (χ3n) is 2.04. The molecule has 0 unspecified atom stereocenters. The smallest absolute Gasteiger partial charge is 0.422 e. The molecule has 0 atom stereocenters. The Morgan fingerprint density at radius 1 is 1.42 bits per heavy atom. The zero-order chi connectivity index (χ0) is 14.6. The minimum Gasteiger partial charge on any atom is -0.440 e. The van der Waals surface area contributed by atoms with Gasteiger partial charge in [-0.1, -0.05) is 15.9 Å². The maximum Gasteiger partial charge on any atom is 0.422 e. The molecule has 1 aromatic rings. The van der Waals surface area contributed by atoms with Crippen molar-refractivity contribution in [2.24, 2.45) is 0 Å². The molecule has 0 aliphatic rings. The van der Waals surface area contributed by atoms with Gasteiger partial charge in [-0.2, -0.15) is 13.2 Å². The van der Waals surface area contributed by atoms with Crippen molar-refractivity contribution < 1.29 is 22.7 Å². The summed E-state index contributed by atoms with van der Waals surface area (Å²) < 4.78 is 40.5. The maximum atomic E-state index is 11.9. The SMILES string of the molecule is CN(C)c1ccc(Br)cc1NC(=O)OCC(F)(F)F. The third-order valence-corrected chi connectivity index (χ3v) is 2.54. The van der Waals surface area contributed by atoms with Gasteiger partial charge in [-0.15, -0.1) is 0 Å². The Kier molecular flexibility index (Phi) is 5.04. The van der Waals surface area contributed by atoms with Gasteiger partial charge in [-0.25, -0.2) is 4.79 Å². The molecule has 0 fully saturated rings. The molecule has 1 amide bonds. The summed E-state index contributed by atoms with van der Waals surface area (Å²) in [5.74, 6) is 0. The van der Waals surface area contributed by atoms with Gasteiger partial charge in [0.05, 0.1) is 11.4 Å². The van der Waals surface area contributed by atoms with Gasteiger partial charge in [-0.05, 0) is 18.2 Å². The number of halogens is 4. The van der Waals surface area contributed by atoms with Crippen LogP contribution in [0.1, 0.15) is 0 Å². The Hall–Kier alpha value is -1.44. The normalized spacial score (nSPS) is 11.1. The van der Waals surface area contributed by atoms with Crippen molar-refractivity contribution in [3.05, 3.63) is 22.7 Å². The molecule has 0 heterocycles. The second kappa shape index (κ2) is 6.14. The standard InChI is InChI=1S/C11H12BrF3N2O2/c1-17(2)9-4-3-7(12)5-8(9)16-10(18)19-6-11(13,14)15/h3-5H,6H2,1-2H3,(H,16,18). The summed E-state index contributed by atoms with van der Waals surface area (Å²) in [4.78, 5) is 13.0. The topological polar surface area (TPSA) is 41.6 Å². The highest BCUT2D eigenvalue weighted by Crippen LogP contribution is 2.28. The van der Waals surface area contributed by atoms with Gasteiger partial charge < -0.3 is 9.64 Å². The fraction of sp³-hybridized carbons (Fsp3) is 0.364. The predicted molar refractivity (Wildman–Crippen MR) is 69.5 cm³/mol. The van der Waals surface area contributed by atoms with Crippen LogP contribution in [-0.2, 0) is 4.74 Å². The largest absolute Gasteiger partial charge is 0.440 e. The monoisotopic (exact) mass is 340 g/mol. The van der Waals surface area contributed by atoms with E-state index in [-0.39, 0.29) is 0 Å². The number of benzene rings is 1. The summed E-state index contributed by atoms with van der Waals surface area (Å²) in [6.07, 6.45) is -5.70. The molecule has 0 aliphatic carbocycles. The minimum atomic E-state index is -4.54. The lowest BCUT2D eigenvalue weighted by Crippen LogP contribution is -2.24. The summed E-state index contributed by atoms with van der Waals surface area (Å²) in [6, 6.07) is 5.04. The summed E-state index contributed by atoms with van der Waals surface area (Å²) in [5.41, 5.74) is 0.999. The van der Waals surface area contributed by atoms with Crippen molar-refractivity contribution in [2.45, 2.75) is 6.18 Å². The average molecular weight is 341 g/mol. The van der Waals surface area contributed by atoms with Gasteiger partial charge in [0.1, 0.15) is 0 Å². The summed E-state index contributed by atoms with van der Waals surface area (Å²) in [6.45, 7) is -1.62. The summed E-state index contributed by atoms with van der Waals surface area (Å²) in [7, 11) is 3.49. The van der Waals surface area contributed by atoms with E-state index in [0.717, 1.165) is 0 Å². The van der Waals surface area contributed by atoms with Crippen LogP contribution in [0.3, 0.4) is 0 Å². The van der Waals surface area contributed by atoms with Crippen LogP contribution in [0, 0.1) is 0 Å². The average Bonchev–Trinajstić information content (AvgIpc) is 2.25. The minimum absolute atomic E-state index is 0.353. The van der Waals surface area contributed by atoms with Crippen molar-refractivity contribution >= 4 is 33.4 Å². The van der Waals surface area contributed by atoms with Gasteiger partial charge in [-0.3, -0.25) is 5.32 Å². The predicted octanol–water partition coefficient (Wildman–Crippen LogP) is 3.63. The fourth-order valence-electron chi connectivity index (χ4n) is 1.29. The second-order valence-corrected chi connectivity index (χ2v) is 4.79. The number of carbonyl (C=O) groups excluding carboxylic acids is 1. The molecule has 0 aromatic heterocycles. The zero-order valence-electron chi connectivity index (χ0n) is 10.2. The molecule has 0 saturated carbocycles. The number of nitrogens with zero attached hydrogens (tertiary/aromatic N) is 1. The molecule has 1 N–H and O–H groups in total. The number of alkyl halides is 3. The maximum absolute atomic E-state index is 11.9. The first-order chi connectivity index (χ1) is 8.69. The van der Waals surface area contributed by atoms with Crippen molar-refractivity contribution in [1.29, 1.82) is 0 Å². The van der Waals surface area contributed by atoms with E-state index in [1.54, 1.807) is 37.2 Å². The summed E-state index contributed by atoms with van der Waals surface area (Å²) in [5, 5.41) is 2.27. The van der Waals surface area contributed by atoms with E-state index in [1.807, 2.05) is 0 Å². The number of hydrogen-bond donors (Lipinski definition) is 1. The van der Waals surface area contributed by atoms with Gasteiger partial charge >= 0.3 is 12.3 Å². The summed E-state index contributed by atoms with van der Waals surface area (Å²) >= 11 is 3.22. The van der Waals surface area contributed by atoms with E-state index >= 15 is 0 Å². The fourth-order valence-corrected chi connectivity index (χ4v) is 1.65. The van der Waals surface area contributed by atoms with Gasteiger partial charge in [0, 0.05) is 18.6 Å².